The largest absolute Gasteiger partial charge is 0.541 e. The van der Waals surface area contributed by atoms with Gasteiger partial charge in [-0.25, -0.2) is 0 Å². The van der Waals surface area contributed by atoms with Gasteiger partial charge in [0.2, 0.25) is 0 Å². The summed E-state index contributed by atoms with van der Waals surface area (Å²) < 4.78 is 31.3. The van der Waals surface area contributed by atoms with Crippen LogP contribution in [0.4, 0.5) is 0 Å². The fraction of sp³-hybridized carbons (Fsp3) is 0.429. The molecule has 8 nitrogen and oxygen atoms in total. The molecule has 1 fully saturated rings. The zero-order chi connectivity index (χ0) is 37.6. The van der Waals surface area contributed by atoms with Crippen molar-refractivity contribution in [3.63, 3.8) is 0 Å². The Morgan fingerprint density at radius 3 is 1.48 bits per heavy atom. The van der Waals surface area contributed by atoms with Crippen molar-refractivity contribution in [2.45, 2.75) is 89.6 Å². The van der Waals surface area contributed by atoms with Crippen LogP contribution in [0, 0.1) is 11.8 Å². The van der Waals surface area contributed by atoms with E-state index in [0.717, 1.165) is 47.0 Å². The van der Waals surface area contributed by atoms with E-state index in [1.165, 1.54) is 0 Å². The summed E-state index contributed by atoms with van der Waals surface area (Å²) >= 11 is 0. The summed E-state index contributed by atoms with van der Waals surface area (Å²) in [6.45, 7) is 13.0. The molecule has 1 saturated carbocycles. The first-order chi connectivity index (χ1) is 25.1. The van der Waals surface area contributed by atoms with E-state index in [4.69, 9.17) is 23.1 Å². The minimum absolute atomic E-state index is 0.432. The summed E-state index contributed by atoms with van der Waals surface area (Å²) in [6.07, 6.45) is 0. The lowest BCUT2D eigenvalue weighted by Crippen LogP contribution is -2.52. The lowest BCUT2D eigenvalue weighted by atomic mass is 9.52. The lowest BCUT2D eigenvalue weighted by Gasteiger charge is -2.49. The summed E-state index contributed by atoms with van der Waals surface area (Å²) in [5.41, 5.74) is 1.36. The summed E-state index contributed by atoms with van der Waals surface area (Å²) in [6, 6.07) is 30.3. The van der Waals surface area contributed by atoms with Gasteiger partial charge >= 0.3 is 11.9 Å². The van der Waals surface area contributed by atoms with Crippen molar-refractivity contribution in [3.05, 3.63) is 90.0 Å². The molecule has 1 aliphatic rings. The van der Waals surface area contributed by atoms with Crippen LogP contribution < -0.4 is 23.1 Å². The van der Waals surface area contributed by atoms with Gasteiger partial charge in [0.1, 0.15) is 17.2 Å². The maximum Gasteiger partial charge on any atom is 0.315 e. The van der Waals surface area contributed by atoms with E-state index in [2.05, 4.69) is 41.5 Å². The predicted octanol–water partition coefficient (Wildman–Crippen LogP) is 10.4. The normalized spacial score (nSPS) is 18.7. The van der Waals surface area contributed by atoms with Gasteiger partial charge in [0.05, 0.1) is 26.1 Å². The van der Waals surface area contributed by atoms with Crippen LogP contribution in [0.1, 0.15) is 64.5 Å². The van der Waals surface area contributed by atoms with Gasteiger partial charge in [-0.3, -0.25) is 9.59 Å². The van der Waals surface area contributed by atoms with E-state index in [1.807, 2.05) is 72.8 Å². The third kappa shape index (κ3) is 7.46. The van der Waals surface area contributed by atoms with Crippen LogP contribution in [0.5, 0.6) is 28.7 Å². The molecule has 4 aromatic carbocycles. The Kier molecular flexibility index (Phi) is 12.4. The molecule has 0 aromatic heterocycles. The van der Waals surface area contributed by atoms with Gasteiger partial charge in [-0.05, 0) is 83.1 Å². The SMILES string of the molecule is CC[Si](CC)(CC)Oc1ccc([C@H]2[C@H](C(=O)O)[C@H](c3ccc(O[Si](CC)(CC)CC)c(OC)c3)[C@H]2C(=O)Oc2cccc3ccccc23)cc1OC. The number of hydrogen-bond donors (Lipinski definition) is 1. The number of fused-ring (bicyclic) bond motifs is 1. The van der Waals surface area contributed by atoms with Crippen LogP contribution in [0.3, 0.4) is 0 Å². The van der Waals surface area contributed by atoms with E-state index < -0.39 is 52.2 Å². The second-order valence-electron chi connectivity index (χ2n) is 13.9. The highest BCUT2D eigenvalue weighted by Gasteiger charge is 2.59. The molecule has 0 aliphatic heterocycles. The van der Waals surface area contributed by atoms with Crippen LogP contribution in [0.2, 0.25) is 36.3 Å². The number of methoxy groups -OCH3 is 2. The molecule has 52 heavy (non-hydrogen) atoms. The summed E-state index contributed by atoms with van der Waals surface area (Å²) in [5, 5.41) is 12.6. The molecule has 4 aromatic rings. The number of benzene rings is 4. The molecule has 0 saturated heterocycles. The number of carboxylic acids is 1. The quantitative estimate of drug-likeness (QED) is 0.0648. The van der Waals surface area contributed by atoms with E-state index >= 15 is 0 Å². The molecule has 278 valence electrons. The van der Waals surface area contributed by atoms with Crippen molar-refractivity contribution in [1.29, 1.82) is 0 Å². The first-order valence-corrected chi connectivity index (χ1v) is 23.8. The lowest BCUT2D eigenvalue weighted by molar-refractivity contribution is -0.158. The van der Waals surface area contributed by atoms with Gasteiger partial charge in [-0.1, -0.05) is 90.1 Å². The summed E-state index contributed by atoms with van der Waals surface area (Å²) in [5.74, 6) is -1.85. The monoisotopic (exact) mass is 742 g/mol. The number of rotatable bonds is 17. The molecule has 0 unspecified atom stereocenters. The molecular formula is C42H54O8Si2. The third-order valence-corrected chi connectivity index (χ3v) is 20.8. The highest BCUT2D eigenvalue weighted by atomic mass is 28.4. The molecular weight excluding hydrogens is 689 g/mol. The van der Waals surface area contributed by atoms with E-state index in [9.17, 15) is 14.7 Å². The first kappa shape index (κ1) is 38.9. The van der Waals surface area contributed by atoms with Crippen LogP contribution in [0.15, 0.2) is 78.9 Å². The Morgan fingerprint density at radius 1 is 0.577 bits per heavy atom. The number of carboxylic acid groups (broad SMARTS) is 1. The third-order valence-electron chi connectivity index (χ3n) is 11.7. The number of ether oxygens (including phenoxy) is 3. The zero-order valence-corrected chi connectivity index (χ0v) is 33.9. The Bertz CT molecular complexity index is 1770. The highest BCUT2D eigenvalue weighted by Crippen LogP contribution is 2.59. The second kappa shape index (κ2) is 16.6. The topological polar surface area (TPSA) is 101 Å². The van der Waals surface area contributed by atoms with Crippen molar-refractivity contribution >= 4 is 39.3 Å². The first-order valence-electron chi connectivity index (χ1n) is 18.7. The van der Waals surface area contributed by atoms with Crippen molar-refractivity contribution in [2.75, 3.05) is 14.2 Å². The van der Waals surface area contributed by atoms with E-state index in [0.29, 0.717) is 39.9 Å². The van der Waals surface area contributed by atoms with Crippen molar-refractivity contribution in [2.24, 2.45) is 11.8 Å². The van der Waals surface area contributed by atoms with Gasteiger partial charge in [-0.2, -0.15) is 0 Å². The minimum atomic E-state index is -2.03. The van der Waals surface area contributed by atoms with Gasteiger partial charge < -0.3 is 28.2 Å². The molecule has 0 heterocycles. The molecule has 0 bridgehead atoms. The number of carbonyl (C=O) groups excluding carboxylic acids is 1. The van der Waals surface area contributed by atoms with Crippen LogP contribution >= 0.6 is 0 Å². The van der Waals surface area contributed by atoms with Crippen LogP contribution in [-0.4, -0.2) is 47.9 Å². The Balaban J connectivity index is 1.60. The molecule has 2 atom stereocenters. The molecule has 10 heteroatoms. The average molecular weight is 743 g/mol. The van der Waals surface area contributed by atoms with Crippen LogP contribution in [-0.2, 0) is 9.59 Å². The smallest absolute Gasteiger partial charge is 0.315 e. The zero-order valence-electron chi connectivity index (χ0n) is 31.9. The molecule has 1 aliphatic carbocycles. The standard InChI is InChI=1S/C42H54O8Si2/c1-9-51(10-2,11-3)49-33-24-22-29(26-35(33)46-7)37-39(41(43)44)38(30-23-25-34(36(27-30)47-8)50-52(12-4,13-5)14-6)40(37)42(45)48-32-21-17-19-28-18-15-16-20-31(28)32/h15-27,37-40H,9-14H2,1-8H3,(H,43,44)/t37-,38-,39-,40-/m0/s1. The van der Waals surface area contributed by atoms with Crippen molar-refractivity contribution < 1.29 is 37.8 Å². The Hall–Kier alpha value is -4.29. The predicted molar refractivity (Wildman–Crippen MR) is 211 cm³/mol. The van der Waals surface area contributed by atoms with Gasteiger partial charge in [-0.15, -0.1) is 0 Å². The Labute approximate surface area is 310 Å². The Morgan fingerprint density at radius 2 is 1.04 bits per heavy atom. The van der Waals surface area contributed by atoms with Gasteiger partial charge in [0, 0.05) is 17.2 Å². The average Bonchev–Trinajstić information content (AvgIpc) is 3.16. The van der Waals surface area contributed by atoms with Crippen molar-refractivity contribution in [3.8, 4) is 28.7 Å². The second-order valence-corrected chi connectivity index (χ2v) is 23.2. The fourth-order valence-corrected chi connectivity index (χ4v) is 13.1. The van der Waals surface area contributed by atoms with E-state index in [1.54, 1.807) is 20.3 Å². The highest BCUT2D eigenvalue weighted by molar-refractivity contribution is 6.74. The molecule has 5 rings (SSSR count). The van der Waals surface area contributed by atoms with E-state index in [-0.39, 0.29) is 0 Å². The molecule has 0 radical (unpaired) electrons. The molecule has 1 N–H and O–H groups in total. The number of hydrogen-bond acceptors (Lipinski definition) is 7. The van der Waals surface area contributed by atoms with Crippen molar-refractivity contribution in [1.82, 2.24) is 0 Å². The summed E-state index contributed by atoms with van der Waals surface area (Å²) in [7, 11) is -0.886. The summed E-state index contributed by atoms with van der Waals surface area (Å²) in [4.78, 5) is 27.8. The van der Waals surface area contributed by atoms with Gasteiger partial charge in [0.15, 0.2) is 11.5 Å². The van der Waals surface area contributed by atoms with Crippen LogP contribution in [0.25, 0.3) is 10.8 Å². The minimum Gasteiger partial charge on any atom is -0.541 e. The number of aliphatic carboxylic acids is 1. The maximum atomic E-state index is 14.5. The van der Waals surface area contributed by atoms with Gasteiger partial charge in [0.25, 0.3) is 16.6 Å². The number of esters is 1. The molecule has 0 spiro atoms. The maximum absolute atomic E-state index is 14.5. The molecule has 0 amide bonds. The fourth-order valence-electron chi connectivity index (χ4n) is 7.99. The number of carbonyl (C=O) groups is 2.